The quantitative estimate of drug-likeness (QED) is 0.340. The second-order valence-electron chi connectivity index (χ2n) is 6.24. The molecule has 1 aliphatic rings. The van der Waals surface area contributed by atoms with Crippen LogP contribution in [0.25, 0.3) is 0 Å². The Morgan fingerprint density at radius 2 is 2.27 bits per heavy atom. The van der Waals surface area contributed by atoms with Crippen LogP contribution in [-0.4, -0.2) is 51.5 Å². The molecule has 146 valence electrons. The van der Waals surface area contributed by atoms with E-state index in [-0.39, 0.29) is 11.9 Å². The highest BCUT2D eigenvalue weighted by atomic mass is 79.9. The van der Waals surface area contributed by atoms with Crippen LogP contribution in [0.2, 0.25) is 0 Å². The molecule has 0 aromatic heterocycles. The standard InChI is InChI=1S/C19H29BrFN3O2/c1-2-22-19(24-10-4-11-26-17-8-12-25-14-17)23-9-3-5-15-6-7-16(20)13-18(15)21/h6-7,13,17H,2-5,8-12,14H2,1H3,(H2,22,23,24). The lowest BCUT2D eigenvalue weighted by molar-refractivity contribution is 0.0420. The van der Waals surface area contributed by atoms with Crippen molar-refractivity contribution in [2.75, 3.05) is 39.5 Å². The zero-order valence-corrected chi connectivity index (χ0v) is 17.0. The van der Waals surface area contributed by atoms with Gasteiger partial charge < -0.3 is 20.1 Å². The Bertz CT molecular complexity index is 566. The number of nitrogens with one attached hydrogen (secondary N) is 2. The molecule has 26 heavy (non-hydrogen) atoms. The van der Waals surface area contributed by atoms with E-state index >= 15 is 0 Å². The van der Waals surface area contributed by atoms with Crippen LogP contribution in [0.1, 0.15) is 31.7 Å². The lowest BCUT2D eigenvalue weighted by atomic mass is 10.1. The summed E-state index contributed by atoms with van der Waals surface area (Å²) in [5.74, 6) is 0.633. The Hall–Kier alpha value is -1.18. The first-order chi connectivity index (χ1) is 12.7. The average Bonchev–Trinajstić information content (AvgIpc) is 3.13. The summed E-state index contributed by atoms with van der Waals surface area (Å²) in [5, 5.41) is 6.54. The molecule has 1 atom stereocenters. The molecule has 0 bridgehead atoms. The first-order valence-electron chi connectivity index (χ1n) is 9.34. The topological polar surface area (TPSA) is 54.9 Å². The fourth-order valence-electron chi connectivity index (χ4n) is 2.70. The summed E-state index contributed by atoms with van der Waals surface area (Å²) in [7, 11) is 0. The summed E-state index contributed by atoms with van der Waals surface area (Å²) < 4.78 is 25.6. The molecule has 2 N–H and O–H groups in total. The summed E-state index contributed by atoms with van der Waals surface area (Å²) in [6.07, 6.45) is 3.66. The van der Waals surface area contributed by atoms with E-state index in [2.05, 4.69) is 31.6 Å². The van der Waals surface area contributed by atoms with Crippen molar-refractivity contribution in [3.63, 3.8) is 0 Å². The van der Waals surface area contributed by atoms with Crippen LogP contribution in [0, 0.1) is 5.82 Å². The van der Waals surface area contributed by atoms with Gasteiger partial charge in [-0.2, -0.15) is 0 Å². The SMILES string of the molecule is CCNC(=NCCCc1ccc(Br)cc1F)NCCCOC1CCOC1. The van der Waals surface area contributed by atoms with Crippen molar-refractivity contribution in [3.05, 3.63) is 34.1 Å². The van der Waals surface area contributed by atoms with Gasteiger partial charge in [-0.3, -0.25) is 4.99 Å². The molecule has 1 aromatic rings. The van der Waals surface area contributed by atoms with Gasteiger partial charge in [0.05, 0.1) is 12.7 Å². The van der Waals surface area contributed by atoms with Gasteiger partial charge in [-0.15, -0.1) is 0 Å². The second-order valence-corrected chi connectivity index (χ2v) is 7.15. The van der Waals surface area contributed by atoms with Gasteiger partial charge in [0.2, 0.25) is 0 Å². The van der Waals surface area contributed by atoms with Crippen LogP contribution >= 0.6 is 15.9 Å². The van der Waals surface area contributed by atoms with Crippen molar-refractivity contribution in [1.82, 2.24) is 10.6 Å². The minimum absolute atomic E-state index is 0.166. The first-order valence-corrected chi connectivity index (χ1v) is 10.1. The van der Waals surface area contributed by atoms with E-state index in [0.717, 1.165) is 68.2 Å². The number of hydrogen-bond acceptors (Lipinski definition) is 3. The van der Waals surface area contributed by atoms with Crippen LogP contribution < -0.4 is 10.6 Å². The molecule has 2 rings (SSSR count). The van der Waals surface area contributed by atoms with Gasteiger partial charge >= 0.3 is 0 Å². The summed E-state index contributed by atoms with van der Waals surface area (Å²) >= 11 is 3.28. The zero-order valence-electron chi connectivity index (χ0n) is 15.4. The number of rotatable bonds is 10. The molecule has 1 saturated heterocycles. The molecule has 1 fully saturated rings. The number of nitrogens with zero attached hydrogens (tertiary/aromatic N) is 1. The Morgan fingerprint density at radius 3 is 3.00 bits per heavy atom. The van der Waals surface area contributed by atoms with Crippen molar-refractivity contribution in [2.24, 2.45) is 4.99 Å². The number of benzene rings is 1. The second kappa shape index (κ2) is 12.3. The van der Waals surface area contributed by atoms with Crippen molar-refractivity contribution in [3.8, 4) is 0 Å². The average molecular weight is 430 g/mol. The maximum Gasteiger partial charge on any atom is 0.191 e. The predicted octanol–water partition coefficient (Wildman–Crippen LogP) is 3.27. The summed E-state index contributed by atoms with van der Waals surface area (Å²) in [5.41, 5.74) is 0.731. The number of guanidine groups is 1. The van der Waals surface area contributed by atoms with Gasteiger partial charge in [0.25, 0.3) is 0 Å². The highest BCUT2D eigenvalue weighted by molar-refractivity contribution is 9.10. The maximum absolute atomic E-state index is 13.8. The molecule has 0 amide bonds. The Kier molecular flexibility index (Phi) is 9.95. The third kappa shape index (κ3) is 8.01. The molecule has 1 aliphatic heterocycles. The zero-order chi connectivity index (χ0) is 18.6. The van der Waals surface area contributed by atoms with E-state index in [1.54, 1.807) is 0 Å². The van der Waals surface area contributed by atoms with Crippen LogP contribution in [0.4, 0.5) is 4.39 Å². The molecule has 5 nitrogen and oxygen atoms in total. The van der Waals surface area contributed by atoms with Crippen LogP contribution in [0.5, 0.6) is 0 Å². The first kappa shape index (κ1) is 21.1. The molecule has 0 saturated carbocycles. The van der Waals surface area contributed by atoms with Crippen molar-refractivity contribution < 1.29 is 13.9 Å². The molecule has 7 heteroatoms. The number of aliphatic imine (C=N–C) groups is 1. The van der Waals surface area contributed by atoms with Crippen molar-refractivity contribution in [2.45, 2.75) is 38.7 Å². The minimum Gasteiger partial charge on any atom is -0.379 e. The van der Waals surface area contributed by atoms with E-state index in [4.69, 9.17) is 9.47 Å². The van der Waals surface area contributed by atoms with Crippen LogP contribution in [0.15, 0.2) is 27.7 Å². The highest BCUT2D eigenvalue weighted by Gasteiger charge is 2.15. The molecule has 1 unspecified atom stereocenters. The van der Waals surface area contributed by atoms with Gasteiger partial charge in [-0.25, -0.2) is 4.39 Å². The minimum atomic E-state index is -0.166. The van der Waals surface area contributed by atoms with Gasteiger partial charge in [0.1, 0.15) is 5.82 Å². The third-order valence-corrected chi connectivity index (χ3v) is 4.58. The monoisotopic (exact) mass is 429 g/mol. The summed E-state index contributed by atoms with van der Waals surface area (Å²) in [4.78, 5) is 4.55. The smallest absolute Gasteiger partial charge is 0.191 e. The van der Waals surface area contributed by atoms with Crippen molar-refractivity contribution >= 4 is 21.9 Å². The fourth-order valence-corrected chi connectivity index (χ4v) is 3.03. The van der Waals surface area contributed by atoms with Gasteiger partial charge in [-0.05, 0) is 50.3 Å². The number of aryl methyl sites for hydroxylation is 1. The lowest BCUT2D eigenvalue weighted by Gasteiger charge is -2.13. The molecule has 1 heterocycles. The van der Waals surface area contributed by atoms with Crippen molar-refractivity contribution in [1.29, 1.82) is 0 Å². The fraction of sp³-hybridized carbons (Fsp3) is 0.632. The Morgan fingerprint density at radius 1 is 1.38 bits per heavy atom. The molecule has 0 aliphatic carbocycles. The molecule has 1 aromatic carbocycles. The normalized spacial score (nSPS) is 17.5. The van der Waals surface area contributed by atoms with Gasteiger partial charge in [0, 0.05) is 37.3 Å². The van der Waals surface area contributed by atoms with E-state index in [0.29, 0.717) is 13.0 Å². The molecular weight excluding hydrogens is 401 g/mol. The lowest BCUT2D eigenvalue weighted by Crippen LogP contribution is -2.38. The number of ether oxygens (including phenoxy) is 2. The van der Waals surface area contributed by atoms with E-state index in [1.807, 2.05) is 19.1 Å². The molecule has 0 radical (unpaired) electrons. The molecule has 0 spiro atoms. The summed E-state index contributed by atoms with van der Waals surface area (Å²) in [6.45, 7) is 6.56. The van der Waals surface area contributed by atoms with E-state index in [9.17, 15) is 4.39 Å². The van der Waals surface area contributed by atoms with E-state index in [1.165, 1.54) is 6.07 Å². The number of halogens is 2. The largest absolute Gasteiger partial charge is 0.379 e. The number of hydrogen-bond donors (Lipinski definition) is 2. The van der Waals surface area contributed by atoms with Gasteiger partial charge in [0.15, 0.2) is 5.96 Å². The summed E-state index contributed by atoms with van der Waals surface area (Å²) in [6, 6.07) is 5.19. The predicted molar refractivity (Wildman–Crippen MR) is 106 cm³/mol. The maximum atomic E-state index is 13.8. The molecular formula is C19H29BrFN3O2. The van der Waals surface area contributed by atoms with Crippen LogP contribution in [0.3, 0.4) is 0 Å². The van der Waals surface area contributed by atoms with Gasteiger partial charge in [-0.1, -0.05) is 22.0 Å². The highest BCUT2D eigenvalue weighted by Crippen LogP contribution is 2.16. The Labute approximate surface area is 163 Å². The Balaban J connectivity index is 1.63. The van der Waals surface area contributed by atoms with E-state index < -0.39 is 0 Å². The van der Waals surface area contributed by atoms with Crippen LogP contribution in [-0.2, 0) is 15.9 Å². The third-order valence-electron chi connectivity index (χ3n) is 4.09.